The number of aliphatic hydroxyl groups is 2. The van der Waals surface area contributed by atoms with Gasteiger partial charge in [-0.15, -0.1) is 0 Å². The summed E-state index contributed by atoms with van der Waals surface area (Å²) in [5, 5.41) is 21.4. The number of aliphatic hydroxyl groups excluding tert-OH is 2. The number of hydrogen-bond donors (Lipinski definition) is 2. The molecule has 2 N–H and O–H groups in total. The predicted octanol–water partition coefficient (Wildman–Crippen LogP) is 3.76. The van der Waals surface area contributed by atoms with Crippen LogP contribution in [-0.2, 0) is 0 Å². The van der Waals surface area contributed by atoms with Crippen molar-refractivity contribution in [2.24, 2.45) is 0 Å². The number of rotatable bonds is 5. The van der Waals surface area contributed by atoms with Crippen LogP contribution in [0.15, 0.2) is 48.5 Å². The molecule has 1 fully saturated rings. The molecule has 0 amide bonds. The first kappa shape index (κ1) is 18.1. The van der Waals surface area contributed by atoms with E-state index in [9.17, 15) is 14.6 Å². The molecule has 0 aromatic heterocycles. The zero-order valence-electron chi connectivity index (χ0n) is 14.6. The number of piperidine rings is 1. The Kier molecular flexibility index (Phi) is 5.84. The summed E-state index contributed by atoms with van der Waals surface area (Å²) in [6.07, 6.45) is 1.56. The smallest absolute Gasteiger partial charge is 0.134 e. The lowest BCUT2D eigenvalue weighted by Gasteiger charge is -2.36. The van der Waals surface area contributed by atoms with Crippen LogP contribution in [0, 0.1) is 5.82 Å². The van der Waals surface area contributed by atoms with Crippen LogP contribution >= 0.6 is 0 Å². The number of nitrogens with zero attached hydrogens (tertiary/aromatic N) is 1. The molecule has 1 aliphatic heterocycles. The Morgan fingerprint density at radius 2 is 1.56 bits per heavy atom. The van der Waals surface area contributed by atoms with Crippen molar-refractivity contribution in [3.05, 3.63) is 59.9 Å². The van der Waals surface area contributed by atoms with E-state index in [2.05, 4.69) is 0 Å². The third-order valence-electron chi connectivity index (χ3n) is 5.19. The second-order valence-electron chi connectivity index (χ2n) is 6.88. The molecule has 0 saturated carbocycles. The Labute approximate surface area is 148 Å². The van der Waals surface area contributed by atoms with E-state index in [-0.39, 0.29) is 11.7 Å². The van der Waals surface area contributed by atoms with Crippen molar-refractivity contribution < 1.29 is 14.6 Å². The van der Waals surface area contributed by atoms with Crippen LogP contribution < -0.4 is 0 Å². The second kappa shape index (κ2) is 8.09. The van der Waals surface area contributed by atoms with Crippen molar-refractivity contribution in [3.8, 4) is 11.1 Å². The fraction of sp³-hybridized carbons (Fsp3) is 0.429. The zero-order chi connectivity index (χ0) is 17.8. The molecule has 3 rings (SSSR count). The van der Waals surface area contributed by atoms with Crippen LogP contribution in [0.5, 0.6) is 0 Å². The molecule has 1 saturated heterocycles. The van der Waals surface area contributed by atoms with Gasteiger partial charge in [-0.25, -0.2) is 4.39 Å². The lowest BCUT2D eigenvalue weighted by atomic mass is 9.87. The van der Waals surface area contributed by atoms with E-state index in [1.54, 1.807) is 12.1 Å². The summed E-state index contributed by atoms with van der Waals surface area (Å²) in [7, 11) is 0. The van der Waals surface area contributed by atoms with E-state index in [0.29, 0.717) is 0 Å². The Morgan fingerprint density at radius 1 is 0.920 bits per heavy atom. The van der Waals surface area contributed by atoms with Gasteiger partial charge in [0.05, 0.1) is 0 Å². The molecule has 2 aromatic rings. The molecule has 3 nitrogen and oxygen atoms in total. The molecule has 4 heteroatoms. The van der Waals surface area contributed by atoms with Gasteiger partial charge in [-0.3, -0.25) is 4.90 Å². The molecule has 3 unspecified atom stereocenters. The van der Waals surface area contributed by atoms with Gasteiger partial charge in [0.2, 0.25) is 0 Å². The number of likely N-dealkylation sites (tertiary alicyclic amines) is 1. The molecule has 0 aliphatic carbocycles. The van der Waals surface area contributed by atoms with Gasteiger partial charge in [-0.2, -0.15) is 0 Å². The van der Waals surface area contributed by atoms with Gasteiger partial charge in [-0.05, 0) is 41.7 Å². The van der Waals surface area contributed by atoms with E-state index >= 15 is 0 Å². The normalized spacial score (nSPS) is 19.4. The molecule has 1 heterocycles. The van der Waals surface area contributed by atoms with E-state index in [1.807, 2.05) is 36.1 Å². The molecule has 0 bridgehead atoms. The molecular weight excluding hydrogens is 317 g/mol. The summed E-state index contributed by atoms with van der Waals surface area (Å²) < 4.78 is 13.2. The molecule has 2 aromatic carbocycles. The molecule has 134 valence electrons. The molecule has 25 heavy (non-hydrogen) atoms. The minimum atomic E-state index is -0.875. The number of hydrogen-bond acceptors (Lipinski definition) is 3. The monoisotopic (exact) mass is 343 g/mol. The van der Waals surface area contributed by atoms with E-state index in [0.717, 1.165) is 42.6 Å². The van der Waals surface area contributed by atoms with Crippen molar-refractivity contribution in [2.75, 3.05) is 13.1 Å². The Bertz CT molecular complexity index is 683. The molecule has 0 radical (unpaired) electrons. The largest absolute Gasteiger partial charge is 0.388 e. The van der Waals surface area contributed by atoms with Gasteiger partial charge >= 0.3 is 0 Å². The second-order valence-corrected chi connectivity index (χ2v) is 6.88. The number of benzene rings is 2. The molecule has 3 atom stereocenters. The third-order valence-corrected chi connectivity index (χ3v) is 5.19. The van der Waals surface area contributed by atoms with Crippen LogP contribution in [0.4, 0.5) is 4.39 Å². The topological polar surface area (TPSA) is 43.7 Å². The van der Waals surface area contributed by atoms with Crippen LogP contribution in [0.1, 0.15) is 37.7 Å². The summed E-state index contributed by atoms with van der Waals surface area (Å²) in [6.45, 7) is 3.58. The molecule has 0 spiro atoms. The fourth-order valence-corrected chi connectivity index (χ4v) is 3.63. The van der Waals surface area contributed by atoms with Crippen molar-refractivity contribution in [1.29, 1.82) is 0 Å². The average Bonchev–Trinajstić information content (AvgIpc) is 2.67. The van der Waals surface area contributed by atoms with Gasteiger partial charge in [0.15, 0.2) is 0 Å². The van der Waals surface area contributed by atoms with Crippen molar-refractivity contribution in [3.63, 3.8) is 0 Å². The van der Waals surface area contributed by atoms with Crippen molar-refractivity contribution in [1.82, 2.24) is 4.90 Å². The highest BCUT2D eigenvalue weighted by molar-refractivity contribution is 5.68. The predicted molar refractivity (Wildman–Crippen MR) is 97.7 cm³/mol. The van der Waals surface area contributed by atoms with Crippen LogP contribution in [0.3, 0.4) is 0 Å². The van der Waals surface area contributed by atoms with Gasteiger partial charge in [0.25, 0.3) is 0 Å². The van der Waals surface area contributed by atoms with Gasteiger partial charge in [-0.1, -0.05) is 49.7 Å². The highest BCUT2D eigenvalue weighted by atomic mass is 19.1. The fourth-order valence-electron chi connectivity index (χ4n) is 3.63. The Hall–Kier alpha value is -1.75. The van der Waals surface area contributed by atoms with Gasteiger partial charge in [0, 0.05) is 19.0 Å². The van der Waals surface area contributed by atoms with Crippen molar-refractivity contribution >= 4 is 0 Å². The lowest BCUT2D eigenvalue weighted by Crippen LogP contribution is -2.47. The summed E-state index contributed by atoms with van der Waals surface area (Å²) >= 11 is 0. The van der Waals surface area contributed by atoms with Gasteiger partial charge in [0.1, 0.15) is 18.1 Å². The van der Waals surface area contributed by atoms with E-state index in [4.69, 9.17) is 0 Å². The maximum Gasteiger partial charge on any atom is 0.134 e. The highest BCUT2D eigenvalue weighted by Gasteiger charge is 2.30. The van der Waals surface area contributed by atoms with E-state index < -0.39 is 12.3 Å². The summed E-state index contributed by atoms with van der Waals surface area (Å²) in [4.78, 5) is 1.96. The SMILES string of the molecule is CC(c1ccccc1-c1ccc(F)cc1)C(O)C(O)N1CCCCC1. The minimum absolute atomic E-state index is 0.238. The first-order chi connectivity index (χ1) is 12.1. The summed E-state index contributed by atoms with van der Waals surface area (Å²) in [5.41, 5.74) is 2.82. The first-order valence-electron chi connectivity index (χ1n) is 9.03. The molecular formula is C21H26FNO2. The number of halogens is 1. The third kappa shape index (κ3) is 4.09. The highest BCUT2D eigenvalue weighted by Crippen LogP contribution is 2.32. The summed E-state index contributed by atoms with van der Waals surface area (Å²) in [6, 6.07) is 14.2. The zero-order valence-corrected chi connectivity index (χ0v) is 14.6. The van der Waals surface area contributed by atoms with Gasteiger partial charge < -0.3 is 10.2 Å². The maximum atomic E-state index is 13.2. The average molecular weight is 343 g/mol. The maximum absolute atomic E-state index is 13.2. The first-order valence-corrected chi connectivity index (χ1v) is 9.03. The Morgan fingerprint density at radius 3 is 2.24 bits per heavy atom. The van der Waals surface area contributed by atoms with E-state index in [1.165, 1.54) is 18.6 Å². The quantitative estimate of drug-likeness (QED) is 0.869. The lowest BCUT2D eigenvalue weighted by molar-refractivity contribution is -0.0965. The van der Waals surface area contributed by atoms with Crippen LogP contribution in [-0.4, -0.2) is 40.5 Å². The standard InChI is InChI=1S/C21H26FNO2/c1-15(20(24)21(25)23-13-5-2-6-14-23)18-7-3-4-8-19(18)16-9-11-17(22)12-10-16/h3-4,7-12,15,20-21,24-25H,2,5-6,13-14H2,1H3. The van der Waals surface area contributed by atoms with Crippen LogP contribution in [0.2, 0.25) is 0 Å². The molecule has 1 aliphatic rings. The minimum Gasteiger partial charge on any atom is -0.388 e. The van der Waals surface area contributed by atoms with Crippen molar-refractivity contribution in [2.45, 2.75) is 44.4 Å². The Balaban J connectivity index is 1.84. The summed E-state index contributed by atoms with van der Waals surface area (Å²) in [5.74, 6) is -0.506. The van der Waals surface area contributed by atoms with Crippen LogP contribution in [0.25, 0.3) is 11.1 Å².